The van der Waals surface area contributed by atoms with Crippen LogP contribution in [-0.2, 0) is 9.16 Å². The zero-order chi connectivity index (χ0) is 27.1. The van der Waals surface area contributed by atoms with Gasteiger partial charge in [0.1, 0.15) is 17.2 Å². The Labute approximate surface area is 226 Å². The molecule has 0 spiro atoms. The fourth-order valence-corrected chi connectivity index (χ4v) is 7.80. The van der Waals surface area contributed by atoms with Gasteiger partial charge in [-0.2, -0.15) is 9.97 Å². The predicted octanol–water partition coefficient (Wildman–Crippen LogP) is 5.39. The maximum Gasteiger partial charge on any atom is 0.319 e. The Balaban J connectivity index is 1.36. The molecule has 2 saturated heterocycles. The molecule has 0 radical (unpaired) electrons. The number of benzene rings is 1. The monoisotopic (exact) mass is 548 g/mol. The Bertz CT molecular complexity index is 1150. The first-order valence-corrected chi connectivity index (χ1v) is 17.4. The van der Waals surface area contributed by atoms with Crippen LogP contribution in [-0.4, -0.2) is 81.3 Å². The molecule has 10 heteroatoms. The summed E-state index contributed by atoms with van der Waals surface area (Å²) in [5, 5.41) is 0.370. The van der Waals surface area contributed by atoms with Gasteiger partial charge < -0.3 is 23.7 Å². The third-order valence-corrected chi connectivity index (χ3v) is 9.19. The number of anilines is 1. The van der Waals surface area contributed by atoms with Crippen molar-refractivity contribution in [1.82, 2.24) is 14.9 Å². The topological polar surface area (TPSA) is 60.0 Å². The lowest BCUT2D eigenvalue weighted by atomic mass is 9.95. The molecule has 1 aliphatic carbocycles. The molecular weight excluding hydrogens is 506 g/mol. The van der Waals surface area contributed by atoms with E-state index >= 15 is 0 Å². The number of halogens is 2. The van der Waals surface area contributed by atoms with E-state index in [1.165, 1.54) is 6.07 Å². The van der Waals surface area contributed by atoms with Gasteiger partial charge >= 0.3 is 6.01 Å². The average molecular weight is 549 g/mol. The highest BCUT2D eigenvalue weighted by molar-refractivity contribution is 6.69. The Morgan fingerprint density at radius 1 is 1.05 bits per heavy atom. The van der Waals surface area contributed by atoms with Crippen LogP contribution in [0.1, 0.15) is 45.4 Å². The number of rotatable bonds is 9. The smallest absolute Gasteiger partial charge is 0.319 e. The molecule has 3 fully saturated rings. The summed E-state index contributed by atoms with van der Waals surface area (Å²) in [7, 11) is -0.00968. The van der Waals surface area contributed by atoms with Crippen LogP contribution in [0.3, 0.4) is 0 Å². The molecule has 5 rings (SSSR count). The first kappa shape index (κ1) is 27.7. The lowest BCUT2D eigenvalue weighted by Crippen LogP contribution is -2.52. The molecule has 0 N–H and O–H groups in total. The molecule has 7 nitrogen and oxygen atoms in total. The Morgan fingerprint density at radius 2 is 1.79 bits per heavy atom. The van der Waals surface area contributed by atoms with Crippen LogP contribution >= 0.6 is 0 Å². The lowest BCUT2D eigenvalue weighted by Gasteiger charge is -2.44. The molecule has 1 unspecified atom stereocenters. The second kappa shape index (κ2) is 10.6. The van der Waals surface area contributed by atoms with Gasteiger partial charge in [-0.1, -0.05) is 0 Å². The number of hydrogen-bond acceptors (Lipinski definition) is 7. The standard InChI is InChI=1S/C28H42F2N4O3Si/c1-27(37-38(3,4)5)9-6-12-34(17-27)25-22-15-20(29)16-23(30)24(22)31-26(32-25)36-19-28(10-11-28)18-33-13-7-21(35-2)8-14-33/h15-16,21H,6-14,17-19H2,1-5H3. The zero-order valence-corrected chi connectivity index (χ0v) is 24.5. The molecule has 3 heterocycles. The van der Waals surface area contributed by atoms with Crippen LogP contribution in [0.4, 0.5) is 14.6 Å². The van der Waals surface area contributed by atoms with E-state index in [0.29, 0.717) is 30.5 Å². The van der Waals surface area contributed by atoms with Crippen LogP contribution in [0.5, 0.6) is 6.01 Å². The molecule has 1 atom stereocenters. The number of piperidine rings is 2. The van der Waals surface area contributed by atoms with E-state index in [9.17, 15) is 8.78 Å². The normalized spacial score (nSPS) is 24.7. The van der Waals surface area contributed by atoms with Gasteiger partial charge in [0.15, 0.2) is 14.1 Å². The first-order valence-electron chi connectivity index (χ1n) is 14.0. The van der Waals surface area contributed by atoms with Crippen LogP contribution < -0.4 is 9.64 Å². The van der Waals surface area contributed by atoms with Gasteiger partial charge in [0.2, 0.25) is 0 Å². The van der Waals surface area contributed by atoms with Crippen LogP contribution in [0.25, 0.3) is 10.9 Å². The Hall–Kier alpha value is -1.88. The van der Waals surface area contributed by atoms with E-state index in [-0.39, 0.29) is 22.5 Å². The van der Waals surface area contributed by atoms with E-state index in [0.717, 1.165) is 70.8 Å². The number of nitrogens with zero attached hydrogens (tertiary/aromatic N) is 4. The van der Waals surface area contributed by atoms with E-state index in [2.05, 4.69) is 41.3 Å². The lowest BCUT2D eigenvalue weighted by molar-refractivity contribution is 0.0313. The number of aromatic nitrogens is 2. The molecule has 1 saturated carbocycles. The van der Waals surface area contributed by atoms with Crippen molar-refractivity contribution in [2.45, 2.75) is 76.8 Å². The summed E-state index contributed by atoms with van der Waals surface area (Å²) in [6, 6.07) is 2.36. The predicted molar refractivity (Wildman–Crippen MR) is 147 cm³/mol. The fraction of sp³-hybridized carbons (Fsp3) is 0.714. The van der Waals surface area contributed by atoms with Crippen LogP contribution in [0, 0.1) is 17.0 Å². The number of ether oxygens (including phenoxy) is 2. The molecule has 1 aromatic carbocycles. The van der Waals surface area contributed by atoms with Gasteiger partial charge in [0.25, 0.3) is 0 Å². The van der Waals surface area contributed by atoms with Gasteiger partial charge in [0.05, 0.1) is 18.3 Å². The van der Waals surface area contributed by atoms with E-state index < -0.39 is 20.0 Å². The van der Waals surface area contributed by atoms with Crippen LogP contribution in [0.15, 0.2) is 12.1 Å². The van der Waals surface area contributed by atoms with Gasteiger partial charge in [-0.3, -0.25) is 0 Å². The largest absolute Gasteiger partial charge is 0.463 e. The maximum absolute atomic E-state index is 15.0. The quantitative estimate of drug-likeness (QED) is 0.390. The second-order valence-corrected chi connectivity index (χ2v) is 17.2. The second-order valence-electron chi connectivity index (χ2n) is 12.8. The summed E-state index contributed by atoms with van der Waals surface area (Å²) in [5.74, 6) is -0.824. The molecule has 2 aliphatic heterocycles. The van der Waals surface area contributed by atoms with E-state index in [4.69, 9.17) is 18.9 Å². The van der Waals surface area contributed by atoms with E-state index in [1.807, 2.05) is 0 Å². The zero-order valence-electron chi connectivity index (χ0n) is 23.5. The van der Waals surface area contributed by atoms with Crippen molar-refractivity contribution in [3.63, 3.8) is 0 Å². The number of hydrogen-bond donors (Lipinski definition) is 0. The molecule has 2 aromatic rings. The van der Waals surface area contributed by atoms with Crippen molar-refractivity contribution >= 4 is 25.0 Å². The van der Waals surface area contributed by atoms with Crippen molar-refractivity contribution in [2.75, 3.05) is 51.3 Å². The molecule has 0 amide bonds. The van der Waals surface area contributed by atoms with Crippen molar-refractivity contribution in [3.8, 4) is 6.01 Å². The highest BCUT2D eigenvalue weighted by Crippen LogP contribution is 2.47. The summed E-state index contributed by atoms with van der Waals surface area (Å²) >= 11 is 0. The van der Waals surface area contributed by atoms with Crippen molar-refractivity contribution in [1.29, 1.82) is 0 Å². The average Bonchev–Trinajstić information content (AvgIpc) is 3.61. The third kappa shape index (κ3) is 6.46. The van der Waals surface area contributed by atoms with Gasteiger partial charge in [-0.05, 0) is 71.2 Å². The van der Waals surface area contributed by atoms with Crippen molar-refractivity contribution in [3.05, 3.63) is 23.8 Å². The van der Waals surface area contributed by atoms with Crippen molar-refractivity contribution in [2.24, 2.45) is 5.41 Å². The minimum absolute atomic E-state index is 0.0780. The highest BCUT2D eigenvalue weighted by Gasteiger charge is 2.45. The third-order valence-electron chi connectivity index (χ3n) is 8.08. The molecule has 1 aromatic heterocycles. The minimum Gasteiger partial charge on any atom is -0.463 e. The Kier molecular flexibility index (Phi) is 7.72. The summed E-state index contributed by atoms with van der Waals surface area (Å²) in [6.07, 6.45) is 6.49. The highest BCUT2D eigenvalue weighted by atomic mass is 28.4. The molecule has 0 bridgehead atoms. The van der Waals surface area contributed by atoms with Gasteiger partial charge in [-0.15, -0.1) is 0 Å². The van der Waals surface area contributed by atoms with Crippen LogP contribution in [0.2, 0.25) is 19.6 Å². The molecule has 38 heavy (non-hydrogen) atoms. The maximum atomic E-state index is 15.0. The summed E-state index contributed by atoms with van der Waals surface area (Å²) in [5.41, 5.74) is -0.174. The summed E-state index contributed by atoms with van der Waals surface area (Å²) in [6.45, 7) is 13.5. The fourth-order valence-electron chi connectivity index (χ4n) is 6.16. The van der Waals surface area contributed by atoms with E-state index in [1.54, 1.807) is 7.11 Å². The summed E-state index contributed by atoms with van der Waals surface area (Å²) < 4.78 is 47.5. The molecule has 3 aliphatic rings. The van der Waals surface area contributed by atoms with Gasteiger partial charge in [0, 0.05) is 56.7 Å². The minimum atomic E-state index is -1.80. The number of methoxy groups -OCH3 is 1. The Morgan fingerprint density at radius 3 is 2.45 bits per heavy atom. The van der Waals surface area contributed by atoms with Crippen molar-refractivity contribution < 1.29 is 22.7 Å². The first-order chi connectivity index (χ1) is 18.0. The molecular formula is C28H42F2N4O3Si. The number of likely N-dealkylation sites (tertiary alicyclic amines) is 1. The summed E-state index contributed by atoms with van der Waals surface area (Å²) in [4.78, 5) is 13.7. The SMILES string of the molecule is COC1CCN(CC2(COc3nc(N4CCCC(C)(O[Si](C)(C)C)C4)c4cc(F)cc(F)c4n3)CC2)CC1. The molecule has 210 valence electrons. The van der Waals surface area contributed by atoms with Gasteiger partial charge in [-0.25, -0.2) is 8.78 Å². The number of fused-ring (bicyclic) bond motifs is 1.